The van der Waals surface area contributed by atoms with E-state index < -0.39 is 0 Å². The Labute approximate surface area is 113 Å². The van der Waals surface area contributed by atoms with E-state index in [1.54, 1.807) is 0 Å². The number of hydrogen-bond donors (Lipinski definition) is 1. The molecule has 1 heterocycles. The molecule has 1 saturated carbocycles. The van der Waals surface area contributed by atoms with Crippen molar-refractivity contribution in [3.05, 3.63) is 0 Å². The molecule has 2 heteroatoms. The Bertz CT molecular complexity index is 241. The molecule has 2 rings (SSSR count). The fourth-order valence-corrected chi connectivity index (χ4v) is 3.90. The van der Waals surface area contributed by atoms with Crippen molar-refractivity contribution in [3.8, 4) is 0 Å². The number of rotatable bonds is 3. The number of nitrogens with two attached hydrogens (primary N) is 1. The molecule has 2 N–H and O–H groups in total. The first-order valence-corrected chi connectivity index (χ1v) is 8.07. The molecule has 1 aliphatic carbocycles. The quantitative estimate of drug-likeness (QED) is 0.780. The van der Waals surface area contributed by atoms with Crippen molar-refractivity contribution in [1.82, 2.24) is 4.90 Å². The van der Waals surface area contributed by atoms with Gasteiger partial charge in [0.2, 0.25) is 0 Å². The van der Waals surface area contributed by atoms with Gasteiger partial charge in [-0.2, -0.15) is 0 Å². The molecule has 0 bridgehead atoms. The van der Waals surface area contributed by atoms with E-state index in [2.05, 4.69) is 18.7 Å². The van der Waals surface area contributed by atoms with Crippen molar-refractivity contribution >= 4 is 0 Å². The second-order valence-corrected chi connectivity index (χ2v) is 7.15. The first-order chi connectivity index (χ1) is 8.63. The van der Waals surface area contributed by atoms with Gasteiger partial charge in [-0.1, -0.05) is 39.5 Å². The monoisotopic (exact) mass is 252 g/mol. The van der Waals surface area contributed by atoms with Gasteiger partial charge in [0.15, 0.2) is 0 Å². The number of hydrogen-bond acceptors (Lipinski definition) is 2. The molecule has 2 nitrogen and oxygen atoms in total. The lowest BCUT2D eigenvalue weighted by molar-refractivity contribution is 0.0264. The molecule has 2 aliphatic rings. The van der Waals surface area contributed by atoms with Gasteiger partial charge < -0.3 is 10.6 Å². The van der Waals surface area contributed by atoms with Crippen LogP contribution in [-0.2, 0) is 0 Å². The SMILES string of the molecule is CC1(C)CCN(C2CCCCCC2)CC1CCN. The molecule has 0 aromatic heterocycles. The van der Waals surface area contributed by atoms with Gasteiger partial charge in [0.05, 0.1) is 0 Å². The summed E-state index contributed by atoms with van der Waals surface area (Å²) in [5.41, 5.74) is 6.31. The summed E-state index contributed by atoms with van der Waals surface area (Å²) in [5.74, 6) is 0.805. The Morgan fingerprint density at radius 2 is 1.78 bits per heavy atom. The molecule has 1 saturated heterocycles. The van der Waals surface area contributed by atoms with Crippen LogP contribution in [0.15, 0.2) is 0 Å². The van der Waals surface area contributed by atoms with E-state index in [1.807, 2.05) is 0 Å². The van der Waals surface area contributed by atoms with Gasteiger partial charge in [0.25, 0.3) is 0 Å². The zero-order chi connectivity index (χ0) is 13.0. The maximum Gasteiger partial charge on any atom is 0.00953 e. The molecule has 0 radical (unpaired) electrons. The molecule has 0 amide bonds. The normalized spacial score (nSPS) is 31.2. The molecule has 0 spiro atoms. The lowest BCUT2D eigenvalue weighted by Crippen LogP contribution is -2.49. The van der Waals surface area contributed by atoms with Crippen molar-refractivity contribution in [2.24, 2.45) is 17.1 Å². The maximum atomic E-state index is 5.81. The van der Waals surface area contributed by atoms with Crippen LogP contribution in [0.1, 0.15) is 65.2 Å². The molecule has 0 aromatic carbocycles. The highest BCUT2D eigenvalue weighted by Gasteiger charge is 2.36. The number of likely N-dealkylation sites (tertiary alicyclic amines) is 1. The van der Waals surface area contributed by atoms with E-state index in [0.717, 1.165) is 18.5 Å². The van der Waals surface area contributed by atoms with Crippen molar-refractivity contribution in [2.45, 2.75) is 71.3 Å². The minimum absolute atomic E-state index is 0.501. The Kier molecular flexibility index (Phi) is 5.08. The second-order valence-electron chi connectivity index (χ2n) is 7.15. The summed E-state index contributed by atoms with van der Waals surface area (Å²) >= 11 is 0. The van der Waals surface area contributed by atoms with E-state index in [-0.39, 0.29) is 0 Å². The fraction of sp³-hybridized carbons (Fsp3) is 1.00. The summed E-state index contributed by atoms with van der Waals surface area (Å²) in [6.07, 6.45) is 11.3. The van der Waals surface area contributed by atoms with E-state index in [0.29, 0.717) is 5.41 Å². The van der Waals surface area contributed by atoms with Crippen LogP contribution in [0, 0.1) is 11.3 Å². The summed E-state index contributed by atoms with van der Waals surface area (Å²) < 4.78 is 0. The van der Waals surface area contributed by atoms with E-state index in [1.165, 1.54) is 64.5 Å². The summed E-state index contributed by atoms with van der Waals surface area (Å²) in [5, 5.41) is 0. The van der Waals surface area contributed by atoms with Crippen molar-refractivity contribution < 1.29 is 0 Å². The maximum absolute atomic E-state index is 5.81. The summed E-state index contributed by atoms with van der Waals surface area (Å²) in [6.45, 7) is 8.36. The highest BCUT2D eigenvalue weighted by atomic mass is 15.2. The minimum Gasteiger partial charge on any atom is -0.330 e. The van der Waals surface area contributed by atoms with Crippen LogP contribution < -0.4 is 5.73 Å². The smallest absolute Gasteiger partial charge is 0.00953 e. The largest absolute Gasteiger partial charge is 0.330 e. The predicted molar refractivity (Wildman–Crippen MR) is 78.6 cm³/mol. The van der Waals surface area contributed by atoms with Crippen LogP contribution in [0.2, 0.25) is 0 Å². The average Bonchev–Trinajstić information content (AvgIpc) is 2.61. The second kappa shape index (κ2) is 6.38. The highest BCUT2D eigenvalue weighted by Crippen LogP contribution is 2.39. The van der Waals surface area contributed by atoms with Gasteiger partial charge in [0.1, 0.15) is 0 Å². The van der Waals surface area contributed by atoms with Crippen LogP contribution in [0.5, 0.6) is 0 Å². The highest BCUT2D eigenvalue weighted by molar-refractivity contribution is 4.89. The molecular weight excluding hydrogens is 220 g/mol. The summed E-state index contributed by atoms with van der Waals surface area (Å²) in [4.78, 5) is 2.80. The van der Waals surface area contributed by atoms with Crippen LogP contribution in [0.4, 0.5) is 0 Å². The summed E-state index contributed by atoms with van der Waals surface area (Å²) in [7, 11) is 0. The van der Waals surface area contributed by atoms with Gasteiger partial charge in [0, 0.05) is 12.6 Å². The first kappa shape index (κ1) is 14.3. The molecule has 106 valence electrons. The van der Waals surface area contributed by atoms with E-state index >= 15 is 0 Å². The molecule has 18 heavy (non-hydrogen) atoms. The van der Waals surface area contributed by atoms with Crippen molar-refractivity contribution in [1.29, 1.82) is 0 Å². The lowest BCUT2D eigenvalue weighted by Gasteiger charge is -2.47. The topological polar surface area (TPSA) is 29.3 Å². The molecule has 0 aromatic rings. The van der Waals surface area contributed by atoms with Gasteiger partial charge in [-0.25, -0.2) is 0 Å². The predicted octanol–water partition coefficient (Wildman–Crippen LogP) is 3.41. The first-order valence-electron chi connectivity index (χ1n) is 8.07. The number of nitrogens with zero attached hydrogens (tertiary/aromatic N) is 1. The van der Waals surface area contributed by atoms with Crippen LogP contribution in [0.25, 0.3) is 0 Å². The van der Waals surface area contributed by atoms with Gasteiger partial charge >= 0.3 is 0 Å². The molecule has 2 fully saturated rings. The van der Waals surface area contributed by atoms with Crippen LogP contribution in [-0.4, -0.2) is 30.6 Å². The Balaban J connectivity index is 1.94. The van der Waals surface area contributed by atoms with Crippen LogP contribution in [0.3, 0.4) is 0 Å². The minimum atomic E-state index is 0.501. The van der Waals surface area contributed by atoms with E-state index in [4.69, 9.17) is 5.73 Å². The van der Waals surface area contributed by atoms with Crippen molar-refractivity contribution in [3.63, 3.8) is 0 Å². The van der Waals surface area contributed by atoms with Gasteiger partial charge in [-0.15, -0.1) is 0 Å². The van der Waals surface area contributed by atoms with Gasteiger partial charge in [-0.05, 0) is 50.1 Å². The van der Waals surface area contributed by atoms with Gasteiger partial charge in [-0.3, -0.25) is 0 Å². The Morgan fingerprint density at radius 1 is 1.11 bits per heavy atom. The molecule has 1 unspecified atom stereocenters. The Hall–Kier alpha value is -0.0800. The zero-order valence-electron chi connectivity index (χ0n) is 12.5. The molecular formula is C16H32N2. The van der Waals surface area contributed by atoms with E-state index in [9.17, 15) is 0 Å². The lowest BCUT2D eigenvalue weighted by atomic mass is 9.71. The third-order valence-corrected chi connectivity index (χ3v) is 5.46. The summed E-state index contributed by atoms with van der Waals surface area (Å²) in [6, 6.07) is 0.879. The van der Waals surface area contributed by atoms with Crippen molar-refractivity contribution in [2.75, 3.05) is 19.6 Å². The molecule has 1 atom stereocenters. The third-order valence-electron chi connectivity index (χ3n) is 5.46. The fourth-order valence-electron chi connectivity index (χ4n) is 3.90. The third kappa shape index (κ3) is 3.48. The average molecular weight is 252 g/mol. The number of piperidine rings is 1. The van der Waals surface area contributed by atoms with Crippen LogP contribution >= 0.6 is 0 Å². The Morgan fingerprint density at radius 3 is 2.39 bits per heavy atom. The zero-order valence-corrected chi connectivity index (χ0v) is 12.5. The molecule has 1 aliphatic heterocycles. The standard InChI is InChI=1S/C16H32N2/c1-16(2)10-12-18(13-14(16)9-11-17)15-7-5-3-4-6-8-15/h14-15H,3-13,17H2,1-2H3.